The summed E-state index contributed by atoms with van der Waals surface area (Å²) in [5.41, 5.74) is 3.33. The molecule has 0 bridgehead atoms. The first-order chi connectivity index (χ1) is 14.9. The number of rotatable bonds is 7. The number of anilines is 1. The highest BCUT2D eigenvalue weighted by molar-refractivity contribution is 5.91. The number of carbonyl (C=O) groups is 3. The standard InChI is InChI=1S/C24H27N3O4/c1-3-20(28)25-19-6-4-5-17(13-19)22-21(23(29)26-18-11-12-18)27(24(30)31-22)14-16-9-7-15(2)8-10-16/h4-10,13,18,21-22H,3,11-12,14H2,1-2H3,(H,25,28)(H,26,29)/t21-,22-/m1/s1. The van der Waals surface area contributed by atoms with Crippen LogP contribution in [-0.4, -0.2) is 34.9 Å². The van der Waals surface area contributed by atoms with Crippen LogP contribution in [-0.2, 0) is 20.9 Å². The van der Waals surface area contributed by atoms with Crippen molar-refractivity contribution in [1.29, 1.82) is 0 Å². The van der Waals surface area contributed by atoms with Crippen LogP contribution in [0.3, 0.4) is 0 Å². The van der Waals surface area contributed by atoms with Crippen LogP contribution in [0.25, 0.3) is 0 Å². The number of hydrogen-bond acceptors (Lipinski definition) is 4. The molecule has 7 heteroatoms. The monoisotopic (exact) mass is 421 g/mol. The summed E-state index contributed by atoms with van der Waals surface area (Å²) in [5.74, 6) is -0.321. The summed E-state index contributed by atoms with van der Waals surface area (Å²) in [7, 11) is 0. The average Bonchev–Trinajstić information content (AvgIpc) is 3.51. The Balaban J connectivity index is 1.62. The maximum absolute atomic E-state index is 13.1. The molecule has 0 unspecified atom stereocenters. The van der Waals surface area contributed by atoms with Gasteiger partial charge in [-0.2, -0.15) is 0 Å². The van der Waals surface area contributed by atoms with E-state index in [1.54, 1.807) is 25.1 Å². The van der Waals surface area contributed by atoms with Gasteiger partial charge in [0, 0.05) is 18.2 Å². The Bertz CT molecular complexity index is 985. The van der Waals surface area contributed by atoms with E-state index in [0.29, 0.717) is 17.7 Å². The molecule has 1 aliphatic carbocycles. The maximum atomic E-state index is 13.1. The summed E-state index contributed by atoms with van der Waals surface area (Å²) in [6.45, 7) is 4.06. The van der Waals surface area contributed by atoms with Crippen molar-refractivity contribution in [3.8, 4) is 0 Å². The van der Waals surface area contributed by atoms with Gasteiger partial charge in [-0.3, -0.25) is 14.5 Å². The lowest BCUT2D eigenvalue weighted by Crippen LogP contribution is -2.46. The van der Waals surface area contributed by atoms with Gasteiger partial charge < -0.3 is 15.4 Å². The molecule has 0 spiro atoms. The minimum Gasteiger partial charge on any atom is -0.438 e. The first-order valence-corrected chi connectivity index (χ1v) is 10.7. The van der Waals surface area contributed by atoms with Gasteiger partial charge in [-0.25, -0.2) is 4.79 Å². The second-order valence-corrected chi connectivity index (χ2v) is 8.17. The number of benzene rings is 2. The molecule has 0 aromatic heterocycles. The number of hydrogen-bond donors (Lipinski definition) is 2. The van der Waals surface area contributed by atoms with Gasteiger partial charge in [0.2, 0.25) is 11.8 Å². The third-order valence-electron chi connectivity index (χ3n) is 5.57. The molecule has 2 aromatic carbocycles. The molecule has 2 aromatic rings. The van der Waals surface area contributed by atoms with Gasteiger partial charge in [0.1, 0.15) is 0 Å². The van der Waals surface area contributed by atoms with Crippen molar-refractivity contribution in [3.63, 3.8) is 0 Å². The molecule has 2 atom stereocenters. The van der Waals surface area contributed by atoms with Gasteiger partial charge in [0.15, 0.2) is 12.1 Å². The van der Waals surface area contributed by atoms with Crippen molar-refractivity contribution in [2.75, 3.05) is 5.32 Å². The Kier molecular flexibility index (Phi) is 5.93. The molecular formula is C24H27N3O4. The molecule has 2 aliphatic rings. The zero-order chi connectivity index (χ0) is 22.0. The molecule has 1 saturated carbocycles. The fourth-order valence-corrected chi connectivity index (χ4v) is 3.66. The Morgan fingerprint density at radius 1 is 1.13 bits per heavy atom. The molecule has 31 heavy (non-hydrogen) atoms. The summed E-state index contributed by atoms with van der Waals surface area (Å²) >= 11 is 0. The summed E-state index contributed by atoms with van der Waals surface area (Å²) in [6, 6.07) is 14.4. The highest BCUT2D eigenvalue weighted by atomic mass is 16.6. The summed E-state index contributed by atoms with van der Waals surface area (Å²) < 4.78 is 5.69. The van der Waals surface area contributed by atoms with E-state index in [4.69, 9.17) is 4.74 Å². The Morgan fingerprint density at radius 3 is 2.55 bits per heavy atom. The van der Waals surface area contributed by atoms with E-state index in [1.165, 1.54) is 4.90 Å². The van der Waals surface area contributed by atoms with E-state index in [9.17, 15) is 14.4 Å². The highest BCUT2D eigenvalue weighted by Gasteiger charge is 2.47. The molecular weight excluding hydrogens is 394 g/mol. The number of aryl methyl sites for hydroxylation is 1. The van der Waals surface area contributed by atoms with Crippen LogP contribution in [0.5, 0.6) is 0 Å². The largest absolute Gasteiger partial charge is 0.438 e. The van der Waals surface area contributed by atoms with Gasteiger partial charge in [0.05, 0.1) is 6.54 Å². The third kappa shape index (κ3) is 4.87. The minimum absolute atomic E-state index is 0.107. The van der Waals surface area contributed by atoms with Gasteiger partial charge >= 0.3 is 6.09 Å². The summed E-state index contributed by atoms with van der Waals surface area (Å²) in [6.07, 6.45) is 0.988. The van der Waals surface area contributed by atoms with E-state index < -0.39 is 18.2 Å². The summed E-state index contributed by atoms with van der Waals surface area (Å²) in [4.78, 5) is 39.2. The number of cyclic esters (lactones) is 1. The van der Waals surface area contributed by atoms with E-state index in [0.717, 1.165) is 24.0 Å². The molecule has 4 rings (SSSR count). The van der Waals surface area contributed by atoms with Crippen molar-refractivity contribution in [2.45, 2.75) is 57.8 Å². The van der Waals surface area contributed by atoms with Crippen LogP contribution in [0.4, 0.5) is 10.5 Å². The topological polar surface area (TPSA) is 87.7 Å². The maximum Gasteiger partial charge on any atom is 0.411 e. The molecule has 1 heterocycles. The lowest BCUT2D eigenvalue weighted by atomic mass is 10.00. The first-order valence-electron chi connectivity index (χ1n) is 10.7. The SMILES string of the molecule is CCC(=O)Nc1cccc([C@H]2OC(=O)N(Cc3ccc(C)cc3)[C@H]2C(=O)NC2CC2)c1. The van der Waals surface area contributed by atoms with Crippen molar-refractivity contribution in [1.82, 2.24) is 10.2 Å². The zero-order valence-corrected chi connectivity index (χ0v) is 17.8. The van der Waals surface area contributed by atoms with Crippen LogP contribution < -0.4 is 10.6 Å². The Morgan fingerprint density at radius 2 is 1.87 bits per heavy atom. The van der Waals surface area contributed by atoms with E-state index in [-0.39, 0.29) is 24.4 Å². The fourth-order valence-electron chi connectivity index (χ4n) is 3.66. The number of nitrogens with zero attached hydrogens (tertiary/aromatic N) is 1. The summed E-state index contributed by atoms with van der Waals surface area (Å²) in [5, 5.41) is 5.83. The predicted octanol–water partition coefficient (Wildman–Crippen LogP) is 3.68. The number of amides is 3. The minimum atomic E-state index is -0.786. The molecule has 2 N–H and O–H groups in total. The second kappa shape index (κ2) is 8.79. The van der Waals surface area contributed by atoms with Gasteiger partial charge in [-0.05, 0) is 43.0 Å². The predicted molar refractivity (Wildman–Crippen MR) is 116 cm³/mol. The van der Waals surface area contributed by atoms with Gasteiger partial charge in [0.25, 0.3) is 0 Å². The average molecular weight is 421 g/mol. The number of ether oxygens (including phenoxy) is 1. The fraction of sp³-hybridized carbons (Fsp3) is 0.375. The number of carbonyl (C=O) groups excluding carboxylic acids is 3. The van der Waals surface area contributed by atoms with Gasteiger partial charge in [-0.15, -0.1) is 0 Å². The molecule has 1 saturated heterocycles. The van der Waals surface area contributed by atoms with Gasteiger partial charge in [-0.1, -0.05) is 48.9 Å². The lowest BCUT2D eigenvalue weighted by molar-refractivity contribution is -0.126. The van der Waals surface area contributed by atoms with Crippen molar-refractivity contribution in [2.24, 2.45) is 0 Å². The third-order valence-corrected chi connectivity index (χ3v) is 5.57. The first kappa shape index (κ1) is 20.9. The van der Waals surface area contributed by atoms with Crippen LogP contribution in [0.2, 0.25) is 0 Å². The van der Waals surface area contributed by atoms with Crippen molar-refractivity contribution in [3.05, 3.63) is 65.2 Å². The van der Waals surface area contributed by atoms with E-state index >= 15 is 0 Å². The smallest absolute Gasteiger partial charge is 0.411 e. The molecule has 162 valence electrons. The molecule has 7 nitrogen and oxygen atoms in total. The normalized spacial score (nSPS) is 20.3. The second-order valence-electron chi connectivity index (χ2n) is 8.17. The van der Waals surface area contributed by atoms with E-state index in [1.807, 2.05) is 37.3 Å². The zero-order valence-electron chi connectivity index (χ0n) is 17.8. The lowest BCUT2D eigenvalue weighted by Gasteiger charge is -2.24. The Hall–Kier alpha value is -3.35. The van der Waals surface area contributed by atoms with Crippen molar-refractivity contribution < 1.29 is 19.1 Å². The quantitative estimate of drug-likeness (QED) is 0.714. The van der Waals surface area contributed by atoms with E-state index in [2.05, 4.69) is 10.6 Å². The molecule has 0 radical (unpaired) electrons. The van der Waals surface area contributed by atoms with Crippen LogP contribution in [0.1, 0.15) is 49.0 Å². The van der Waals surface area contributed by atoms with Crippen LogP contribution in [0.15, 0.2) is 48.5 Å². The Labute approximate surface area is 181 Å². The number of nitrogens with one attached hydrogen (secondary N) is 2. The molecule has 2 fully saturated rings. The molecule has 1 aliphatic heterocycles. The highest BCUT2D eigenvalue weighted by Crippen LogP contribution is 2.35. The van der Waals surface area contributed by atoms with Crippen LogP contribution >= 0.6 is 0 Å². The van der Waals surface area contributed by atoms with Crippen molar-refractivity contribution >= 4 is 23.6 Å². The van der Waals surface area contributed by atoms with Crippen LogP contribution in [0, 0.1) is 6.92 Å². The molecule has 3 amide bonds.